The van der Waals surface area contributed by atoms with Gasteiger partial charge < -0.3 is 20.3 Å². The van der Waals surface area contributed by atoms with Crippen LogP contribution in [-0.4, -0.2) is 53.5 Å². The summed E-state index contributed by atoms with van der Waals surface area (Å²) in [7, 11) is 1.59. The molecule has 39 heavy (non-hydrogen) atoms. The SMILES string of the molecule is COc1ccc(-c2cc(NC(=O)Nc3sc(C(C)(C)C)cc3C(=O)N3CCNC(=O)C3(C)C)ccc2C)nc1. The Balaban J connectivity index is 1.59. The quantitative estimate of drug-likeness (QED) is 0.393. The second-order valence-electron chi connectivity index (χ2n) is 11.1. The van der Waals surface area contributed by atoms with Crippen molar-refractivity contribution in [3.8, 4) is 17.0 Å². The van der Waals surface area contributed by atoms with Crippen LogP contribution in [0.2, 0.25) is 0 Å². The molecule has 0 bridgehead atoms. The number of benzene rings is 1. The highest BCUT2D eigenvalue weighted by molar-refractivity contribution is 7.16. The Labute approximate surface area is 233 Å². The van der Waals surface area contributed by atoms with Crippen molar-refractivity contribution in [2.45, 2.75) is 52.5 Å². The zero-order valence-electron chi connectivity index (χ0n) is 23.4. The number of methoxy groups -OCH3 is 1. The van der Waals surface area contributed by atoms with Crippen molar-refractivity contribution < 1.29 is 19.1 Å². The summed E-state index contributed by atoms with van der Waals surface area (Å²) >= 11 is 1.36. The minimum Gasteiger partial charge on any atom is -0.495 e. The highest BCUT2D eigenvalue weighted by Crippen LogP contribution is 2.38. The average molecular weight is 550 g/mol. The van der Waals surface area contributed by atoms with Gasteiger partial charge in [0.25, 0.3) is 5.91 Å². The summed E-state index contributed by atoms with van der Waals surface area (Å²) in [6.45, 7) is 12.3. The first-order chi connectivity index (χ1) is 18.3. The first-order valence-electron chi connectivity index (χ1n) is 12.7. The van der Waals surface area contributed by atoms with E-state index in [4.69, 9.17) is 4.74 Å². The lowest BCUT2D eigenvalue weighted by Crippen LogP contribution is -2.63. The van der Waals surface area contributed by atoms with E-state index in [0.717, 1.165) is 21.7 Å². The maximum absolute atomic E-state index is 13.7. The van der Waals surface area contributed by atoms with Gasteiger partial charge in [0.1, 0.15) is 16.3 Å². The fraction of sp³-hybridized carbons (Fsp3) is 0.379. The van der Waals surface area contributed by atoms with Crippen molar-refractivity contribution in [3.63, 3.8) is 0 Å². The van der Waals surface area contributed by atoms with E-state index in [1.807, 2.05) is 43.3 Å². The molecule has 2 aromatic heterocycles. The van der Waals surface area contributed by atoms with Crippen LogP contribution in [0, 0.1) is 6.92 Å². The van der Waals surface area contributed by atoms with Crippen LogP contribution >= 0.6 is 11.3 Å². The van der Waals surface area contributed by atoms with Crippen LogP contribution in [-0.2, 0) is 10.2 Å². The van der Waals surface area contributed by atoms with E-state index in [1.54, 1.807) is 32.1 Å². The summed E-state index contributed by atoms with van der Waals surface area (Å²) in [5, 5.41) is 9.03. The molecule has 0 atom stereocenters. The number of hydrogen-bond acceptors (Lipinski definition) is 6. The van der Waals surface area contributed by atoms with Crippen molar-refractivity contribution >= 4 is 39.9 Å². The van der Waals surface area contributed by atoms with Crippen LogP contribution in [0.15, 0.2) is 42.6 Å². The lowest BCUT2D eigenvalue weighted by atomic mass is 9.93. The second-order valence-corrected chi connectivity index (χ2v) is 12.1. The predicted octanol–water partition coefficient (Wildman–Crippen LogP) is 5.42. The van der Waals surface area contributed by atoms with Crippen LogP contribution in [0.5, 0.6) is 5.75 Å². The molecule has 3 heterocycles. The Bertz CT molecular complexity index is 1410. The van der Waals surface area contributed by atoms with Crippen molar-refractivity contribution in [1.29, 1.82) is 0 Å². The molecule has 1 aliphatic heterocycles. The fourth-order valence-corrected chi connectivity index (χ4v) is 5.42. The van der Waals surface area contributed by atoms with Gasteiger partial charge in [-0.3, -0.25) is 19.9 Å². The largest absolute Gasteiger partial charge is 0.495 e. The molecule has 3 N–H and O–H groups in total. The van der Waals surface area contributed by atoms with Crippen molar-refractivity contribution in [2.24, 2.45) is 0 Å². The van der Waals surface area contributed by atoms with E-state index in [-0.39, 0.29) is 17.2 Å². The van der Waals surface area contributed by atoms with Gasteiger partial charge in [-0.15, -0.1) is 11.3 Å². The van der Waals surface area contributed by atoms with Gasteiger partial charge in [-0.25, -0.2) is 4.79 Å². The third-order valence-corrected chi connectivity index (χ3v) is 8.25. The highest BCUT2D eigenvalue weighted by Gasteiger charge is 2.42. The number of aryl methyl sites for hydroxylation is 1. The summed E-state index contributed by atoms with van der Waals surface area (Å²) in [5.74, 6) is 0.164. The predicted molar refractivity (Wildman–Crippen MR) is 155 cm³/mol. The molecule has 0 radical (unpaired) electrons. The molecule has 0 spiro atoms. The third-order valence-electron chi connectivity index (χ3n) is 6.77. The summed E-state index contributed by atoms with van der Waals surface area (Å²) in [6, 6.07) is 10.6. The van der Waals surface area contributed by atoms with Gasteiger partial charge in [0, 0.05) is 29.2 Å². The van der Waals surface area contributed by atoms with Gasteiger partial charge in [-0.2, -0.15) is 0 Å². The number of amides is 4. The smallest absolute Gasteiger partial charge is 0.324 e. The second kappa shape index (κ2) is 10.7. The number of ether oxygens (including phenoxy) is 1. The van der Waals surface area contributed by atoms with Gasteiger partial charge >= 0.3 is 6.03 Å². The Hall–Kier alpha value is -3.92. The summed E-state index contributed by atoms with van der Waals surface area (Å²) in [6.07, 6.45) is 1.65. The lowest BCUT2D eigenvalue weighted by Gasteiger charge is -2.41. The zero-order valence-corrected chi connectivity index (χ0v) is 24.2. The number of rotatable bonds is 5. The molecular weight excluding hydrogens is 514 g/mol. The maximum Gasteiger partial charge on any atom is 0.324 e. The number of pyridine rings is 1. The zero-order chi connectivity index (χ0) is 28.5. The number of piperazine rings is 1. The number of hydrogen-bond donors (Lipinski definition) is 3. The van der Waals surface area contributed by atoms with Crippen LogP contribution in [0.25, 0.3) is 11.3 Å². The van der Waals surface area contributed by atoms with Gasteiger partial charge in [-0.05, 0) is 62.1 Å². The van der Waals surface area contributed by atoms with E-state index in [0.29, 0.717) is 35.1 Å². The number of nitrogens with one attached hydrogen (secondary N) is 3. The molecule has 0 aliphatic carbocycles. The molecule has 4 amide bonds. The van der Waals surface area contributed by atoms with E-state index in [2.05, 4.69) is 41.7 Å². The Kier molecular flexibility index (Phi) is 7.70. The molecule has 1 aliphatic rings. The first-order valence-corrected chi connectivity index (χ1v) is 13.6. The topological polar surface area (TPSA) is 113 Å². The third kappa shape index (κ3) is 5.90. The number of aromatic nitrogens is 1. The molecule has 0 saturated carbocycles. The Morgan fingerprint density at radius 1 is 1.13 bits per heavy atom. The summed E-state index contributed by atoms with van der Waals surface area (Å²) in [4.78, 5) is 46.3. The van der Waals surface area contributed by atoms with Crippen molar-refractivity contribution in [1.82, 2.24) is 15.2 Å². The molecule has 206 valence electrons. The van der Waals surface area contributed by atoms with E-state index in [1.165, 1.54) is 11.3 Å². The fourth-order valence-electron chi connectivity index (χ4n) is 4.31. The van der Waals surface area contributed by atoms with Crippen LogP contribution in [0.1, 0.15) is 55.4 Å². The monoisotopic (exact) mass is 549 g/mol. The molecule has 1 saturated heterocycles. The lowest BCUT2D eigenvalue weighted by molar-refractivity contribution is -0.133. The van der Waals surface area contributed by atoms with Crippen LogP contribution in [0.3, 0.4) is 0 Å². The highest BCUT2D eigenvalue weighted by atomic mass is 32.1. The number of carbonyl (C=O) groups is 3. The number of thiophene rings is 1. The number of urea groups is 1. The number of carbonyl (C=O) groups excluding carboxylic acids is 3. The summed E-state index contributed by atoms with van der Waals surface area (Å²) < 4.78 is 5.20. The summed E-state index contributed by atoms with van der Waals surface area (Å²) in [5.41, 5.74) is 2.35. The van der Waals surface area contributed by atoms with Crippen molar-refractivity contribution in [2.75, 3.05) is 30.8 Å². The Morgan fingerprint density at radius 2 is 1.87 bits per heavy atom. The van der Waals surface area contributed by atoms with Gasteiger partial charge in [0.05, 0.1) is 24.6 Å². The molecule has 1 fully saturated rings. The number of nitrogens with zero attached hydrogens (tertiary/aromatic N) is 2. The minimum atomic E-state index is -1.01. The van der Waals surface area contributed by atoms with E-state index in [9.17, 15) is 14.4 Å². The van der Waals surface area contributed by atoms with E-state index >= 15 is 0 Å². The first kappa shape index (κ1) is 28.1. The molecule has 9 nitrogen and oxygen atoms in total. The standard InChI is InChI=1S/C29H35N5O4S/c1-17-8-9-18(14-20(17)22-11-10-19(38-7)16-31-22)32-27(37)33-24-21(15-23(39-24)28(2,3)4)25(35)34-13-12-30-26(36)29(34,5)6/h8-11,14-16H,12-13H2,1-7H3,(H,30,36)(H2,32,33,37). The van der Waals surface area contributed by atoms with Crippen LogP contribution in [0.4, 0.5) is 15.5 Å². The normalized spacial score (nSPS) is 14.9. The Morgan fingerprint density at radius 3 is 2.51 bits per heavy atom. The minimum absolute atomic E-state index is 0.206. The molecule has 10 heteroatoms. The molecular formula is C29H35N5O4S. The molecule has 3 aromatic rings. The number of anilines is 2. The van der Waals surface area contributed by atoms with Crippen LogP contribution < -0.4 is 20.7 Å². The molecule has 1 aromatic carbocycles. The molecule has 4 rings (SSSR count). The van der Waals surface area contributed by atoms with E-state index < -0.39 is 11.6 Å². The van der Waals surface area contributed by atoms with Gasteiger partial charge in [0.15, 0.2) is 0 Å². The maximum atomic E-state index is 13.7. The van der Waals surface area contributed by atoms with Gasteiger partial charge in [-0.1, -0.05) is 26.8 Å². The van der Waals surface area contributed by atoms with Gasteiger partial charge in [0.2, 0.25) is 5.91 Å². The molecule has 0 unspecified atom stereocenters. The average Bonchev–Trinajstić information content (AvgIpc) is 3.31. The van der Waals surface area contributed by atoms with Crippen molar-refractivity contribution in [3.05, 3.63) is 58.6 Å².